The Hall–Kier alpha value is -1.35. The number of hydrogen-bond donors (Lipinski definition) is 1. The Labute approximate surface area is 89.7 Å². The van der Waals surface area contributed by atoms with Crippen LogP contribution >= 0.6 is 0 Å². The van der Waals surface area contributed by atoms with E-state index in [2.05, 4.69) is 0 Å². The van der Waals surface area contributed by atoms with Crippen LogP contribution in [0, 0.1) is 0 Å². The lowest BCUT2D eigenvalue weighted by Gasteiger charge is -2.09. The molecule has 1 N–H and O–H groups in total. The molecule has 0 saturated carbocycles. The third-order valence-corrected chi connectivity index (χ3v) is 2.05. The van der Waals surface area contributed by atoms with E-state index in [1.807, 2.05) is 30.3 Å². The summed E-state index contributed by atoms with van der Waals surface area (Å²) in [4.78, 5) is 11.3. The second kappa shape index (κ2) is 6.19. The van der Waals surface area contributed by atoms with Crippen molar-refractivity contribution >= 4 is 5.97 Å². The van der Waals surface area contributed by atoms with E-state index in [1.54, 1.807) is 6.92 Å². The Balaban J connectivity index is 2.29. The number of carbonyl (C=O) groups is 1. The largest absolute Gasteiger partial charge is 0.460 e. The van der Waals surface area contributed by atoms with Gasteiger partial charge in [0.1, 0.15) is 6.10 Å². The summed E-state index contributed by atoms with van der Waals surface area (Å²) in [5.74, 6) is -0.264. The van der Waals surface area contributed by atoms with E-state index in [-0.39, 0.29) is 12.6 Å². The molecular weight excluding hydrogens is 192 g/mol. The Kier molecular flexibility index (Phi) is 4.84. The van der Waals surface area contributed by atoms with Crippen LogP contribution in [0.5, 0.6) is 0 Å². The van der Waals surface area contributed by atoms with Crippen molar-refractivity contribution in [3.05, 3.63) is 35.9 Å². The van der Waals surface area contributed by atoms with E-state index in [9.17, 15) is 4.79 Å². The molecule has 1 aromatic carbocycles. The summed E-state index contributed by atoms with van der Waals surface area (Å²) >= 11 is 0. The maximum atomic E-state index is 11.3. The predicted molar refractivity (Wildman–Crippen MR) is 57.4 cm³/mol. The van der Waals surface area contributed by atoms with Crippen molar-refractivity contribution in [1.29, 1.82) is 0 Å². The van der Waals surface area contributed by atoms with Crippen LogP contribution in [0.1, 0.15) is 18.9 Å². The molecule has 0 saturated heterocycles. The highest BCUT2D eigenvalue weighted by atomic mass is 16.5. The van der Waals surface area contributed by atoms with Crippen LogP contribution in [0.3, 0.4) is 0 Å². The maximum Gasteiger partial charge on any atom is 0.306 e. The zero-order valence-electron chi connectivity index (χ0n) is 8.85. The molecular formula is C12H16O3. The molecule has 3 nitrogen and oxygen atoms in total. The maximum absolute atomic E-state index is 11.3. The molecule has 0 heterocycles. The highest BCUT2D eigenvalue weighted by Crippen LogP contribution is 2.04. The Morgan fingerprint density at radius 1 is 1.40 bits per heavy atom. The lowest BCUT2D eigenvalue weighted by Crippen LogP contribution is -2.18. The van der Waals surface area contributed by atoms with Gasteiger partial charge in [-0.05, 0) is 18.9 Å². The van der Waals surface area contributed by atoms with Crippen molar-refractivity contribution in [1.82, 2.24) is 0 Å². The first-order valence-electron chi connectivity index (χ1n) is 5.06. The average Bonchev–Trinajstić information content (AvgIpc) is 2.27. The van der Waals surface area contributed by atoms with Crippen LogP contribution in [0.25, 0.3) is 0 Å². The Bertz CT molecular complexity index is 295. The second-order valence-electron chi connectivity index (χ2n) is 3.47. The molecule has 0 aromatic heterocycles. The molecule has 0 fully saturated rings. The summed E-state index contributed by atoms with van der Waals surface area (Å²) < 4.78 is 4.93. The minimum absolute atomic E-state index is 0.128. The van der Waals surface area contributed by atoms with Gasteiger partial charge >= 0.3 is 5.97 Å². The number of esters is 1. The number of aliphatic hydroxyl groups excluding tert-OH is 1. The number of carbonyl (C=O) groups excluding carboxylic acids is 1. The molecule has 0 amide bonds. The molecule has 0 aliphatic rings. The van der Waals surface area contributed by atoms with Crippen LogP contribution < -0.4 is 0 Å². The molecule has 0 bridgehead atoms. The third-order valence-electron chi connectivity index (χ3n) is 2.05. The topological polar surface area (TPSA) is 46.5 Å². The van der Waals surface area contributed by atoms with E-state index >= 15 is 0 Å². The van der Waals surface area contributed by atoms with Crippen LogP contribution in [-0.2, 0) is 16.0 Å². The summed E-state index contributed by atoms with van der Waals surface area (Å²) in [7, 11) is 0. The molecule has 3 heteroatoms. The molecule has 1 rings (SSSR count). The molecule has 0 radical (unpaired) electrons. The van der Waals surface area contributed by atoms with Crippen molar-refractivity contribution < 1.29 is 14.6 Å². The van der Waals surface area contributed by atoms with Crippen molar-refractivity contribution in [2.24, 2.45) is 0 Å². The fraction of sp³-hybridized carbons (Fsp3) is 0.417. The predicted octanol–water partition coefficient (Wildman–Crippen LogP) is 1.54. The SMILES string of the molecule is CC(CO)OC(=O)CCc1ccccc1. The zero-order chi connectivity index (χ0) is 11.1. The number of ether oxygens (including phenoxy) is 1. The fourth-order valence-electron chi connectivity index (χ4n) is 1.21. The van der Waals surface area contributed by atoms with Crippen molar-refractivity contribution in [2.75, 3.05) is 6.61 Å². The minimum Gasteiger partial charge on any atom is -0.460 e. The average molecular weight is 208 g/mol. The molecule has 1 atom stereocenters. The summed E-state index contributed by atoms with van der Waals surface area (Å²) in [5, 5.41) is 8.69. The summed E-state index contributed by atoms with van der Waals surface area (Å²) in [6.45, 7) is 1.54. The van der Waals surface area contributed by atoms with Crippen LogP contribution in [-0.4, -0.2) is 23.8 Å². The minimum atomic E-state index is -0.409. The number of rotatable bonds is 5. The smallest absolute Gasteiger partial charge is 0.306 e. The number of benzene rings is 1. The Morgan fingerprint density at radius 2 is 2.07 bits per heavy atom. The van der Waals surface area contributed by atoms with E-state index in [1.165, 1.54) is 0 Å². The lowest BCUT2D eigenvalue weighted by molar-refractivity contribution is -0.149. The van der Waals surface area contributed by atoms with E-state index in [0.29, 0.717) is 12.8 Å². The third kappa shape index (κ3) is 4.61. The highest BCUT2D eigenvalue weighted by molar-refractivity contribution is 5.69. The molecule has 0 aliphatic heterocycles. The fourth-order valence-corrected chi connectivity index (χ4v) is 1.21. The molecule has 1 aromatic rings. The summed E-state index contributed by atoms with van der Waals surface area (Å²) in [5.41, 5.74) is 1.12. The van der Waals surface area contributed by atoms with Gasteiger partial charge in [-0.15, -0.1) is 0 Å². The van der Waals surface area contributed by atoms with Crippen LogP contribution in [0.4, 0.5) is 0 Å². The van der Waals surface area contributed by atoms with Gasteiger partial charge in [0.05, 0.1) is 6.61 Å². The lowest BCUT2D eigenvalue weighted by atomic mass is 10.1. The summed E-state index contributed by atoms with van der Waals surface area (Å²) in [6.07, 6.45) is 0.625. The van der Waals surface area contributed by atoms with Crippen LogP contribution in [0.15, 0.2) is 30.3 Å². The van der Waals surface area contributed by atoms with Crippen molar-refractivity contribution in [3.63, 3.8) is 0 Å². The highest BCUT2D eigenvalue weighted by Gasteiger charge is 2.07. The van der Waals surface area contributed by atoms with Gasteiger partial charge in [-0.3, -0.25) is 4.79 Å². The van der Waals surface area contributed by atoms with Gasteiger partial charge in [-0.1, -0.05) is 30.3 Å². The van der Waals surface area contributed by atoms with Gasteiger partial charge in [-0.2, -0.15) is 0 Å². The molecule has 0 aliphatic carbocycles. The van der Waals surface area contributed by atoms with Gasteiger partial charge in [0.15, 0.2) is 0 Å². The van der Waals surface area contributed by atoms with Gasteiger partial charge in [0.25, 0.3) is 0 Å². The van der Waals surface area contributed by atoms with Gasteiger partial charge < -0.3 is 9.84 Å². The standard InChI is InChI=1S/C12H16O3/c1-10(9-13)15-12(14)8-7-11-5-3-2-4-6-11/h2-6,10,13H,7-9H2,1H3. The molecule has 82 valence electrons. The second-order valence-corrected chi connectivity index (χ2v) is 3.47. The number of aryl methyl sites for hydroxylation is 1. The molecule has 0 spiro atoms. The van der Waals surface area contributed by atoms with E-state index in [0.717, 1.165) is 5.56 Å². The molecule has 15 heavy (non-hydrogen) atoms. The number of hydrogen-bond acceptors (Lipinski definition) is 3. The van der Waals surface area contributed by atoms with Gasteiger partial charge in [0, 0.05) is 6.42 Å². The van der Waals surface area contributed by atoms with Crippen molar-refractivity contribution in [3.8, 4) is 0 Å². The first-order valence-corrected chi connectivity index (χ1v) is 5.06. The van der Waals surface area contributed by atoms with Gasteiger partial charge in [-0.25, -0.2) is 0 Å². The summed E-state index contributed by atoms with van der Waals surface area (Å²) in [6, 6.07) is 9.77. The zero-order valence-corrected chi connectivity index (χ0v) is 8.85. The van der Waals surface area contributed by atoms with Crippen molar-refractivity contribution in [2.45, 2.75) is 25.9 Å². The Morgan fingerprint density at radius 3 is 2.67 bits per heavy atom. The van der Waals surface area contributed by atoms with E-state index < -0.39 is 6.10 Å². The first kappa shape index (κ1) is 11.7. The first-order chi connectivity index (χ1) is 7.22. The normalized spacial score (nSPS) is 12.1. The molecule has 1 unspecified atom stereocenters. The monoisotopic (exact) mass is 208 g/mol. The van der Waals surface area contributed by atoms with E-state index in [4.69, 9.17) is 9.84 Å². The quantitative estimate of drug-likeness (QED) is 0.747. The number of aliphatic hydroxyl groups is 1. The van der Waals surface area contributed by atoms with Crippen LogP contribution in [0.2, 0.25) is 0 Å². The van der Waals surface area contributed by atoms with Gasteiger partial charge in [0.2, 0.25) is 0 Å².